The molecule has 7 heteroatoms. The number of thiophene rings is 2. The van der Waals surface area contributed by atoms with Crippen molar-refractivity contribution in [2.75, 3.05) is 0 Å². The van der Waals surface area contributed by atoms with Crippen LogP contribution >= 0.6 is 22.7 Å². The van der Waals surface area contributed by atoms with E-state index in [0.29, 0.717) is 17.5 Å². The molecule has 0 saturated carbocycles. The summed E-state index contributed by atoms with van der Waals surface area (Å²) in [6.07, 6.45) is 0. The van der Waals surface area contributed by atoms with Gasteiger partial charge in [0.15, 0.2) is 17.5 Å². The molecule has 70 heavy (non-hydrogen) atoms. The molecule has 0 fully saturated rings. The highest BCUT2D eigenvalue weighted by Crippen LogP contribution is 2.45. The van der Waals surface area contributed by atoms with E-state index in [2.05, 4.69) is 234 Å². The van der Waals surface area contributed by atoms with E-state index in [9.17, 15) is 0 Å². The summed E-state index contributed by atoms with van der Waals surface area (Å²) in [5, 5.41) is 9.53. The van der Waals surface area contributed by atoms with E-state index in [0.717, 1.165) is 71.2 Å². The van der Waals surface area contributed by atoms with Crippen molar-refractivity contribution < 1.29 is 0 Å². The first kappa shape index (κ1) is 39.3. The topological polar surface area (TPSA) is 48.5 Å². The van der Waals surface area contributed by atoms with E-state index in [1.165, 1.54) is 52.0 Å². The van der Waals surface area contributed by atoms with Crippen molar-refractivity contribution in [2.24, 2.45) is 0 Å². The van der Waals surface area contributed by atoms with Crippen LogP contribution in [0.5, 0.6) is 0 Å². The third-order valence-electron chi connectivity index (χ3n) is 14.0. The van der Waals surface area contributed by atoms with Crippen molar-refractivity contribution in [3.8, 4) is 56.7 Å². The van der Waals surface area contributed by atoms with E-state index < -0.39 is 0 Å². The molecule has 0 aliphatic carbocycles. The lowest BCUT2D eigenvalue weighted by Crippen LogP contribution is -2.04. The van der Waals surface area contributed by atoms with Crippen molar-refractivity contribution >= 4 is 107 Å². The lowest BCUT2D eigenvalue weighted by Gasteiger charge is -2.18. The first-order valence-electron chi connectivity index (χ1n) is 23.5. The molecular formula is C63H37N5S2. The quantitative estimate of drug-likeness (QED) is 0.167. The van der Waals surface area contributed by atoms with E-state index in [-0.39, 0.29) is 0 Å². The molecule has 0 saturated heterocycles. The summed E-state index contributed by atoms with van der Waals surface area (Å²) in [4.78, 5) is 16.5. The first-order valence-corrected chi connectivity index (χ1v) is 25.2. The molecule has 0 amide bonds. The second-order valence-corrected chi connectivity index (χ2v) is 20.0. The van der Waals surface area contributed by atoms with Gasteiger partial charge in [-0.15, -0.1) is 22.7 Å². The van der Waals surface area contributed by atoms with Gasteiger partial charge in [0.2, 0.25) is 0 Å². The van der Waals surface area contributed by atoms with Crippen LogP contribution in [0.15, 0.2) is 224 Å². The highest BCUT2D eigenvalue weighted by Gasteiger charge is 2.25. The van der Waals surface area contributed by atoms with Gasteiger partial charge in [-0.05, 0) is 72.3 Å². The maximum Gasteiger partial charge on any atom is 0.166 e. The molecular weight excluding hydrogens is 891 g/mol. The summed E-state index contributed by atoms with van der Waals surface area (Å²) in [5.74, 6) is 1.90. The Morgan fingerprint density at radius 1 is 0.286 bits per heavy atom. The largest absolute Gasteiger partial charge is 0.307 e. The molecule has 10 aromatic carbocycles. The lowest BCUT2D eigenvalue weighted by molar-refractivity contribution is 1.07. The molecule has 0 radical (unpaired) electrons. The minimum Gasteiger partial charge on any atom is -0.307 e. The molecule has 0 atom stereocenters. The van der Waals surface area contributed by atoms with Crippen molar-refractivity contribution in [2.45, 2.75) is 0 Å². The van der Waals surface area contributed by atoms with Crippen molar-refractivity contribution in [1.82, 2.24) is 24.1 Å². The van der Waals surface area contributed by atoms with Crippen molar-refractivity contribution in [1.29, 1.82) is 0 Å². The number of fused-ring (bicyclic) bond motifs is 12. The minimum absolute atomic E-state index is 0.616. The molecule has 0 spiro atoms. The fourth-order valence-electron chi connectivity index (χ4n) is 10.9. The summed E-state index contributed by atoms with van der Waals surface area (Å²) >= 11 is 3.61. The van der Waals surface area contributed by atoms with Gasteiger partial charge in [-0.25, -0.2) is 15.0 Å². The number of rotatable bonds is 6. The third-order valence-corrected chi connectivity index (χ3v) is 16.4. The van der Waals surface area contributed by atoms with Gasteiger partial charge in [0, 0.05) is 84.1 Å². The molecule has 0 unspecified atom stereocenters. The number of aromatic nitrogens is 5. The van der Waals surface area contributed by atoms with Gasteiger partial charge in [-0.2, -0.15) is 0 Å². The number of nitrogens with zero attached hydrogens (tertiary/aromatic N) is 5. The SMILES string of the molecule is c1ccc(-c2ccccc2-n2c3ccccc3c3cccc(-n4c5ccccc5c5cccc(-c6nc(-c7ccc8sc9ccccc9c8c7)nc(-c7cccc8c7sc7ccccc78)n6)c54)c32)cc1. The van der Waals surface area contributed by atoms with Gasteiger partial charge in [0.25, 0.3) is 0 Å². The maximum atomic E-state index is 5.55. The average molecular weight is 928 g/mol. The third kappa shape index (κ3) is 5.86. The molecule has 15 rings (SSSR count). The Hall–Kier alpha value is -8.75. The van der Waals surface area contributed by atoms with Crippen LogP contribution in [0.25, 0.3) is 141 Å². The maximum absolute atomic E-state index is 5.55. The number of benzene rings is 10. The van der Waals surface area contributed by atoms with Gasteiger partial charge >= 0.3 is 0 Å². The average Bonchev–Trinajstić information content (AvgIpc) is 4.19. The molecule has 0 aliphatic heterocycles. The fraction of sp³-hybridized carbons (Fsp3) is 0. The Bertz CT molecular complexity index is 4610. The molecule has 326 valence electrons. The van der Waals surface area contributed by atoms with Crippen molar-refractivity contribution in [3.05, 3.63) is 224 Å². The van der Waals surface area contributed by atoms with Gasteiger partial charge in [-0.1, -0.05) is 158 Å². The minimum atomic E-state index is 0.616. The Balaban J connectivity index is 1.04. The number of para-hydroxylation sites is 5. The van der Waals surface area contributed by atoms with E-state index in [4.69, 9.17) is 15.0 Å². The first-order chi connectivity index (χ1) is 34.7. The zero-order valence-corrected chi connectivity index (χ0v) is 39.0. The van der Waals surface area contributed by atoms with Gasteiger partial charge in [0.05, 0.1) is 33.4 Å². The number of hydrogen-bond donors (Lipinski definition) is 0. The molecule has 0 aliphatic rings. The van der Waals surface area contributed by atoms with Crippen LogP contribution in [-0.2, 0) is 0 Å². The standard InChI is InChI=1S/C63H37N5S2/c1-2-17-38(18-3-1)40-19-4-9-29-51(40)67-52-30-10-6-21-42(52)46-25-16-32-54(59(46)67)68-53-31-11-5-20-41(53)45-24-14-27-48(58(45)68)62-64-61(39-35-36-57-50(37-39)44-23-8-12-33-55(44)69-57)65-63(66-62)49-28-15-26-47-43-22-7-13-34-56(43)70-60(47)49/h1-37H. The van der Waals surface area contributed by atoms with Gasteiger partial charge in [-0.3, -0.25) is 0 Å². The molecule has 15 aromatic rings. The lowest BCUT2D eigenvalue weighted by atomic mass is 10.0. The predicted octanol–water partition coefficient (Wildman–Crippen LogP) is 17.5. The van der Waals surface area contributed by atoms with Gasteiger partial charge in [0.1, 0.15) is 0 Å². The highest BCUT2D eigenvalue weighted by atomic mass is 32.1. The summed E-state index contributed by atoms with van der Waals surface area (Å²) in [7, 11) is 0. The second kappa shape index (κ2) is 15.4. The van der Waals surface area contributed by atoms with E-state index in [1.54, 1.807) is 11.3 Å². The summed E-state index contributed by atoms with van der Waals surface area (Å²) < 4.78 is 9.83. The summed E-state index contributed by atoms with van der Waals surface area (Å²) in [5.41, 5.74) is 11.8. The van der Waals surface area contributed by atoms with Crippen LogP contribution in [0.4, 0.5) is 0 Å². The normalized spacial score (nSPS) is 12.0. The fourth-order valence-corrected chi connectivity index (χ4v) is 13.2. The molecule has 5 aromatic heterocycles. The smallest absolute Gasteiger partial charge is 0.166 e. The zero-order valence-electron chi connectivity index (χ0n) is 37.4. The Morgan fingerprint density at radius 2 is 0.786 bits per heavy atom. The molecule has 5 heterocycles. The predicted molar refractivity (Wildman–Crippen MR) is 296 cm³/mol. The monoisotopic (exact) mass is 927 g/mol. The second-order valence-electron chi connectivity index (χ2n) is 17.9. The van der Waals surface area contributed by atoms with Crippen LogP contribution in [-0.4, -0.2) is 24.1 Å². The molecule has 0 bridgehead atoms. The van der Waals surface area contributed by atoms with Crippen LogP contribution in [0.3, 0.4) is 0 Å². The van der Waals surface area contributed by atoms with E-state index >= 15 is 0 Å². The zero-order chi connectivity index (χ0) is 45.9. The van der Waals surface area contributed by atoms with Crippen LogP contribution in [0.2, 0.25) is 0 Å². The Morgan fingerprint density at radius 3 is 1.56 bits per heavy atom. The van der Waals surface area contributed by atoms with Crippen LogP contribution in [0, 0.1) is 0 Å². The summed E-state index contributed by atoms with van der Waals surface area (Å²) in [6, 6.07) is 80.9. The highest BCUT2D eigenvalue weighted by molar-refractivity contribution is 7.26. The van der Waals surface area contributed by atoms with E-state index in [1.807, 2.05) is 11.3 Å². The van der Waals surface area contributed by atoms with Gasteiger partial charge < -0.3 is 9.13 Å². The van der Waals surface area contributed by atoms with Crippen LogP contribution < -0.4 is 0 Å². The Kier molecular flexibility index (Phi) is 8.63. The van der Waals surface area contributed by atoms with Crippen LogP contribution in [0.1, 0.15) is 0 Å². The number of hydrogen-bond acceptors (Lipinski definition) is 5. The Labute approximate surface area is 409 Å². The molecule has 0 N–H and O–H groups in total. The molecule has 5 nitrogen and oxygen atoms in total. The van der Waals surface area contributed by atoms with Crippen molar-refractivity contribution in [3.63, 3.8) is 0 Å². The summed E-state index contributed by atoms with van der Waals surface area (Å²) in [6.45, 7) is 0.